The Morgan fingerprint density at radius 1 is 0.800 bits per heavy atom. The van der Waals surface area contributed by atoms with E-state index in [-0.39, 0.29) is 39.9 Å². The summed E-state index contributed by atoms with van der Waals surface area (Å²) in [7, 11) is 22.4. The molecule has 0 amide bonds. The maximum atomic E-state index is 3.07. The average molecular weight is 576 g/mol. The molecule has 10 atom stereocenters. The van der Waals surface area contributed by atoms with E-state index in [4.69, 9.17) is 0 Å². The summed E-state index contributed by atoms with van der Waals surface area (Å²) in [5.74, 6) is 0. The molecule has 0 aliphatic carbocycles. The molecule has 92 valence electrons. The minimum Gasteiger partial charge on any atom is -0.109 e. The first-order valence-electron chi connectivity index (χ1n) is 3.23. The van der Waals surface area contributed by atoms with E-state index in [1.165, 1.54) is 0 Å². The Bertz CT molecular complexity index is 153. The van der Waals surface area contributed by atoms with Gasteiger partial charge < -0.3 is 0 Å². The zero-order valence-corrected chi connectivity index (χ0v) is 24.2. The molecule has 15 heteroatoms. The molecule has 0 saturated heterocycles. The van der Waals surface area contributed by atoms with Gasteiger partial charge in [-0.3, -0.25) is 0 Å². The molecule has 0 fully saturated rings. The van der Waals surface area contributed by atoms with Crippen molar-refractivity contribution in [3.05, 3.63) is 0 Å². The van der Waals surface area contributed by atoms with Crippen LogP contribution in [-0.2, 0) is 0 Å². The Morgan fingerprint density at radius 3 is 1.40 bits per heavy atom. The van der Waals surface area contributed by atoms with Crippen molar-refractivity contribution in [2.45, 2.75) is 0 Å². The van der Waals surface area contributed by atoms with Gasteiger partial charge in [0.1, 0.15) is 0 Å². The molecule has 0 heterocycles. The Balaban J connectivity index is 4.67. The van der Waals surface area contributed by atoms with Gasteiger partial charge >= 0.3 is 0 Å². The summed E-state index contributed by atoms with van der Waals surface area (Å²) in [6.45, 7) is 0.819. The van der Waals surface area contributed by atoms with E-state index in [1.807, 2.05) is 0 Å². The summed E-state index contributed by atoms with van der Waals surface area (Å²) in [5, 5.41) is 0. The zero-order valence-electron chi connectivity index (χ0n) is 7.60. The van der Waals surface area contributed by atoms with Crippen molar-refractivity contribution >= 4 is 132 Å². The predicted octanol–water partition coefficient (Wildman–Crippen LogP) is 8.93. The fourth-order valence-electron chi connectivity index (χ4n) is 0.565. The van der Waals surface area contributed by atoms with Crippen LogP contribution >= 0.6 is 132 Å². The smallest absolute Gasteiger partial charge is 0.0286 e. The molecule has 0 radical (unpaired) electrons. The Kier molecular flexibility index (Phi) is 17.7. The third-order valence-electron chi connectivity index (χ3n) is 1.05. The van der Waals surface area contributed by atoms with Gasteiger partial charge in [0.2, 0.25) is 0 Å². The molecule has 0 saturated carbocycles. The highest BCUT2D eigenvalue weighted by Gasteiger charge is 2.32. The molecule has 0 aromatic heterocycles. The van der Waals surface area contributed by atoms with Gasteiger partial charge in [-0.05, 0) is 50.0 Å². The van der Waals surface area contributed by atoms with E-state index in [2.05, 4.69) is 84.5 Å². The van der Waals surface area contributed by atoms with E-state index in [0.717, 1.165) is 7.96 Å². The molecular weight excluding hydrogens is 561 g/mol. The lowest BCUT2D eigenvalue weighted by Gasteiger charge is -2.35. The average Bonchev–Trinajstić information content (AvgIpc) is 2.02. The van der Waals surface area contributed by atoms with Crippen LogP contribution < -0.4 is 0 Å². The topological polar surface area (TPSA) is 0 Å². The van der Waals surface area contributed by atoms with Crippen molar-refractivity contribution in [3.63, 3.8) is 0 Å². The van der Waals surface area contributed by atoms with Crippen molar-refractivity contribution in [1.82, 2.24) is 0 Å². The quantitative estimate of drug-likeness (QED) is 0.219. The minimum absolute atomic E-state index is 0.104. The predicted molar refractivity (Wildman–Crippen MR) is 132 cm³/mol. The van der Waals surface area contributed by atoms with Crippen LogP contribution in [0.1, 0.15) is 0 Å². The number of hydrogen-bond donors (Lipinski definition) is 0. The summed E-state index contributed by atoms with van der Waals surface area (Å²) < 4.78 is 0. The molecule has 0 aromatic rings. The molecule has 0 aliphatic heterocycles. The van der Waals surface area contributed by atoms with Crippen LogP contribution in [0.3, 0.4) is 0 Å². The normalized spacial score (nSPS) is 17.6. The maximum absolute atomic E-state index is 3.07. The van der Waals surface area contributed by atoms with Gasteiger partial charge in [-0.25, -0.2) is 0 Å². The summed E-state index contributed by atoms with van der Waals surface area (Å²) in [4.78, 5) is 0.227. The molecule has 0 nitrogen and oxygen atoms in total. The molecule has 10 unspecified atom stereocenters. The fourth-order valence-corrected chi connectivity index (χ4v) is 179. The van der Waals surface area contributed by atoms with Crippen LogP contribution in [-0.4, -0.2) is 0 Å². The first-order valence-corrected chi connectivity index (χ1v) is 31.0. The Hall–Kier alpha value is 6.75. The molecule has 0 spiro atoms. The van der Waals surface area contributed by atoms with Crippen LogP contribution in [0.25, 0.3) is 0 Å². The first-order chi connectivity index (χ1) is 6.82. The monoisotopic (exact) mass is 576 g/mol. The zero-order chi connectivity index (χ0) is 12.2. The minimum atomic E-state index is 0.104. The van der Waals surface area contributed by atoms with Crippen LogP contribution in [0.5, 0.6) is 0 Å². The van der Waals surface area contributed by atoms with Crippen molar-refractivity contribution < 1.29 is 0 Å². The molecule has 0 bridgehead atoms. The van der Waals surface area contributed by atoms with Crippen LogP contribution in [0, 0.1) is 0 Å². The number of rotatable bonds is 6. The van der Waals surface area contributed by atoms with E-state index in [1.54, 1.807) is 0 Å². The van der Waals surface area contributed by atoms with E-state index in [0.29, 0.717) is 0 Å². The third-order valence-corrected chi connectivity index (χ3v) is 99.1. The van der Waals surface area contributed by atoms with Crippen molar-refractivity contribution in [1.29, 1.82) is 0 Å². The van der Waals surface area contributed by atoms with E-state index >= 15 is 0 Å². The van der Waals surface area contributed by atoms with Crippen LogP contribution in [0.2, 0.25) is 0 Å². The Labute approximate surface area is 131 Å². The largest absolute Gasteiger partial charge is 0.109 e. The lowest BCUT2D eigenvalue weighted by Crippen LogP contribution is -1.47. The lowest BCUT2D eigenvalue weighted by molar-refractivity contribution is 4.65. The molecular formula is H15IP14. The third kappa shape index (κ3) is 8.83. The fraction of sp³-hybridized carbons (Fsp3) is 0. The highest BCUT2D eigenvalue weighted by molar-refractivity contribution is 14.2. The van der Waals surface area contributed by atoms with Crippen molar-refractivity contribution in [2.75, 3.05) is 0 Å². The lowest BCUT2D eigenvalue weighted by atomic mass is 28.7. The van der Waals surface area contributed by atoms with Crippen molar-refractivity contribution in [2.24, 2.45) is 0 Å². The van der Waals surface area contributed by atoms with Gasteiger partial charge in [-0.15, -0.1) is 62.5 Å². The van der Waals surface area contributed by atoms with Gasteiger partial charge in [-0.2, -0.15) is 0 Å². The summed E-state index contributed by atoms with van der Waals surface area (Å²) >= 11 is 2.80. The molecule has 0 rings (SSSR count). The van der Waals surface area contributed by atoms with Crippen LogP contribution in [0.15, 0.2) is 0 Å². The molecule has 15 heavy (non-hydrogen) atoms. The second kappa shape index (κ2) is 12.2. The highest BCUT2D eigenvalue weighted by Crippen LogP contribution is 3.20. The second-order valence-electron chi connectivity index (χ2n) is 2.07. The van der Waals surface area contributed by atoms with E-state index in [9.17, 15) is 0 Å². The van der Waals surface area contributed by atoms with Crippen molar-refractivity contribution in [3.8, 4) is 0 Å². The van der Waals surface area contributed by atoms with Gasteiger partial charge in [0.15, 0.2) is 0 Å². The standard InChI is InChI=1S/H15IP14/c1-10(14(9-2)11(3)4)15(12(5)6)13(7)8/h9H,2-8H2. The highest BCUT2D eigenvalue weighted by atomic mass is 127. The van der Waals surface area contributed by atoms with Gasteiger partial charge in [0.25, 0.3) is 0 Å². The number of hydrogen-bond acceptors (Lipinski definition) is 0. The van der Waals surface area contributed by atoms with Crippen LogP contribution in [0.4, 0.5) is 0 Å². The molecule has 0 aromatic carbocycles. The molecule has 0 aliphatic rings. The summed E-state index contributed by atoms with van der Waals surface area (Å²) in [6.07, 6.45) is 0. The summed E-state index contributed by atoms with van der Waals surface area (Å²) in [6, 6.07) is 0. The second-order valence-corrected chi connectivity index (χ2v) is 60.9. The SMILES string of the molecule is PPP(P(P)P)P(I)P(P(P)P)P(P)P. The number of halogens is 1. The Morgan fingerprint density at radius 2 is 1.20 bits per heavy atom. The summed E-state index contributed by atoms with van der Waals surface area (Å²) in [5.41, 5.74) is 0. The maximum Gasteiger partial charge on any atom is 0.0286 e. The first kappa shape index (κ1) is 21.8. The van der Waals surface area contributed by atoms with Gasteiger partial charge in [0.05, 0.1) is 0 Å². The van der Waals surface area contributed by atoms with Gasteiger partial charge in [-0.1, -0.05) is 7.96 Å². The molecule has 0 N–H and O–H groups in total. The van der Waals surface area contributed by atoms with E-state index < -0.39 is 0 Å². The van der Waals surface area contributed by atoms with Gasteiger partial charge in [0, 0.05) is 11.9 Å².